The summed E-state index contributed by atoms with van der Waals surface area (Å²) in [5.41, 5.74) is 4.60. The van der Waals surface area contributed by atoms with E-state index in [0.717, 1.165) is 34.5 Å². The van der Waals surface area contributed by atoms with E-state index >= 15 is 0 Å². The number of nitrogens with zero attached hydrogens (tertiary/aromatic N) is 3. The maximum absolute atomic E-state index is 12.3. The third kappa shape index (κ3) is 4.65. The Morgan fingerprint density at radius 1 is 1.15 bits per heavy atom. The van der Waals surface area contributed by atoms with Gasteiger partial charge in [0.15, 0.2) is 17.1 Å². The zero-order valence-corrected chi connectivity index (χ0v) is 19.3. The molecule has 2 aromatic heterocycles. The highest BCUT2D eigenvalue weighted by Gasteiger charge is 2.14. The molecule has 0 spiro atoms. The summed E-state index contributed by atoms with van der Waals surface area (Å²) < 4.78 is 12.7. The van der Waals surface area contributed by atoms with Gasteiger partial charge in [0.05, 0.1) is 27.0 Å². The van der Waals surface area contributed by atoms with E-state index in [1.165, 1.54) is 0 Å². The van der Waals surface area contributed by atoms with Gasteiger partial charge in [-0.05, 0) is 41.8 Å². The van der Waals surface area contributed by atoms with Crippen LogP contribution in [0.3, 0.4) is 0 Å². The number of carbonyl (C=O) groups is 1. The number of amides is 1. The summed E-state index contributed by atoms with van der Waals surface area (Å²) in [4.78, 5) is 17.1. The summed E-state index contributed by atoms with van der Waals surface area (Å²) in [6.07, 6.45) is 4.34. The number of aliphatic hydroxyl groups is 1. The molecule has 2 heterocycles. The Bertz CT molecular complexity index is 1290. The predicted molar refractivity (Wildman–Crippen MR) is 130 cm³/mol. The van der Waals surface area contributed by atoms with E-state index in [1.54, 1.807) is 37.1 Å². The van der Waals surface area contributed by atoms with Gasteiger partial charge in [0.25, 0.3) is 5.91 Å². The second-order valence-electron chi connectivity index (χ2n) is 7.55. The molecule has 0 aliphatic heterocycles. The molecule has 0 bridgehead atoms. The Morgan fingerprint density at radius 3 is 2.74 bits per heavy atom. The summed E-state index contributed by atoms with van der Waals surface area (Å²) >= 11 is 0. The first kappa shape index (κ1) is 23.1. The van der Waals surface area contributed by atoms with Gasteiger partial charge in [0.1, 0.15) is 5.82 Å². The Balaban J connectivity index is 1.67. The number of rotatable bonds is 9. The molecule has 0 saturated heterocycles. The second kappa shape index (κ2) is 10.2. The van der Waals surface area contributed by atoms with Gasteiger partial charge in [-0.25, -0.2) is 9.50 Å². The van der Waals surface area contributed by atoms with Crippen LogP contribution in [0.15, 0.2) is 54.9 Å². The number of aliphatic hydroxyl groups excluding tert-OH is 1. The van der Waals surface area contributed by atoms with Crippen LogP contribution < -0.4 is 20.1 Å². The standard InChI is InChI=1S/C25H27N5O4/c1-4-16-13-19(14-21(33-2)23(16)34-3)28-22-8-10-30-24(29-22)20(15-27-30)17-6-5-7-18(12-17)25(32)26-9-11-31/h5-8,10,12-15,31H,4,9,11H2,1-3H3,(H,26,32)(H,28,29). The molecule has 3 N–H and O–H groups in total. The quantitative estimate of drug-likeness (QED) is 0.350. The van der Waals surface area contributed by atoms with Crippen LogP contribution in [-0.4, -0.2) is 53.0 Å². The molecule has 0 aliphatic carbocycles. The first-order chi connectivity index (χ1) is 16.6. The van der Waals surface area contributed by atoms with Crippen LogP contribution in [0.5, 0.6) is 11.5 Å². The number of hydrogen-bond acceptors (Lipinski definition) is 7. The van der Waals surface area contributed by atoms with Crippen molar-refractivity contribution < 1.29 is 19.4 Å². The first-order valence-electron chi connectivity index (χ1n) is 10.9. The van der Waals surface area contributed by atoms with E-state index in [4.69, 9.17) is 19.6 Å². The lowest BCUT2D eigenvalue weighted by atomic mass is 10.1. The Kier molecular flexibility index (Phi) is 6.93. The molecule has 0 radical (unpaired) electrons. The molecule has 1 amide bonds. The van der Waals surface area contributed by atoms with Crippen molar-refractivity contribution >= 4 is 23.1 Å². The van der Waals surface area contributed by atoms with Crippen molar-refractivity contribution in [2.24, 2.45) is 0 Å². The number of fused-ring (bicyclic) bond motifs is 1. The predicted octanol–water partition coefficient (Wildman–Crippen LogP) is 3.44. The minimum Gasteiger partial charge on any atom is -0.493 e. The molecule has 9 heteroatoms. The van der Waals surface area contributed by atoms with E-state index < -0.39 is 0 Å². The molecule has 34 heavy (non-hydrogen) atoms. The molecule has 0 unspecified atom stereocenters. The van der Waals surface area contributed by atoms with Crippen molar-refractivity contribution in [3.63, 3.8) is 0 Å². The lowest BCUT2D eigenvalue weighted by Crippen LogP contribution is -2.26. The van der Waals surface area contributed by atoms with Crippen LogP contribution in [0, 0.1) is 0 Å². The SMILES string of the molecule is CCc1cc(Nc2ccn3ncc(-c4cccc(C(=O)NCCO)c4)c3n2)cc(OC)c1OC. The molecule has 0 fully saturated rings. The Morgan fingerprint density at radius 2 is 2.00 bits per heavy atom. The third-order valence-corrected chi connectivity index (χ3v) is 5.41. The highest BCUT2D eigenvalue weighted by atomic mass is 16.5. The molecule has 4 aromatic rings. The van der Waals surface area contributed by atoms with Gasteiger partial charge >= 0.3 is 0 Å². The van der Waals surface area contributed by atoms with Crippen molar-refractivity contribution in [3.8, 4) is 22.6 Å². The Hall–Kier alpha value is -4.11. The number of carbonyl (C=O) groups excluding carboxylic acids is 1. The average Bonchev–Trinajstić information content (AvgIpc) is 3.30. The van der Waals surface area contributed by atoms with Gasteiger partial charge in [-0.3, -0.25) is 4.79 Å². The second-order valence-corrected chi connectivity index (χ2v) is 7.55. The highest BCUT2D eigenvalue weighted by Crippen LogP contribution is 2.36. The van der Waals surface area contributed by atoms with Gasteiger partial charge in [0, 0.05) is 35.6 Å². The summed E-state index contributed by atoms with van der Waals surface area (Å²) in [6.45, 7) is 2.15. The molecule has 176 valence electrons. The van der Waals surface area contributed by atoms with E-state index in [1.807, 2.05) is 36.5 Å². The molecule has 0 atom stereocenters. The fraction of sp³-hybridized carbons (Fsp3) is 0.240. The van der Waals surface area contributed by atoms with Crippen LogP contribution >= 0.6 is 0 Å². The van der Waals surface area contributed by atoms with Crippen LogP contribution in [0.25, 0.3) is 16.8 Å². The van der Waals surface area contributed by atoms with E-state index in [2.05, 4.69) is 22.7 Å². The fourth-order valence-corrected chi connectivity index (χ4v) is 3.77. The lowest BCUT2D eigenvalue weighted by Gasteiger charge is -2.15. The first-order valence-corrected chi connectivity index (χ1v) is 10.9. The number of ether oxygens (including phenoxy) is 2. The maximum Gasteiger partial charge on any atom is 0.251 e. The number of anilines is 2. The maximum atomic E-state index is 12.3. The molecule has 0 aliphatic rings. The normalized spacial score (nSPS) is 10.8. The van der Waals surface area contributed by atoms with Crippen molar-refractivity contribution in [1.29, 1.82) is 0 Å². The lowest BCUT2D eigenvalue weighted by molar-refractivity contribution is 0.0945. The minimum atomic E-state index is -0.247. The van der Waals surface area contributed by atoms with Crippen molar-refractivity contribution in [1.82, 2.24) is 19.9 Å². The fourth-order valence-electron chi connectivity index (χ4n) is 3.77. The summed E-state index contributed by atoms with van der Waals surface area (Å²) in [7, 11) is 3.24. The summed E-state index contributed by atoms with van der Waals surface area (Å²) in [6, 6.07) is 13.0. The zero-order chi connectivity index (χ0) is 24.1. The van der Waals surface area contributed by atoms with E-state index in [0.29, 0.717) is 22.8 Å². The van der Waals surface area contributed by atoms with Crippen molar-refractivity contribution in [2.75, 3.05) is 32.7 Å². The summed E-state index contributed by atoms with van der Waals surface area (Å²) in [5, 5.41) is 19.4. The highest BCUT2D eigenvalue weighted by molar-refractivity contribution is 5.96. The average molecular weight is 462 g/mol. The number of nitrogens with one attached hydrogen (secondary N) is 2. The molecule has 2 aromatic carbocycles. The smallest absolute Gasteiger partial charge is 0.251 e. The topological polar surface area (TPSA) is 110 Å². The van der Waals surface area contributed by atoms with Gasteiger partial charge in [0.2, 0.25) is 0 Å². The van der Waals surface area contributed by atoms with Crippen molar-refractivity contribution in [3.05, 3.63) is 66.0 Å². The molecule has 9 nitrogen and oxygen atoms in total. The summed E-state index contributed by atoms with van der Waals surface area (Å²) in [5.74, 6) is 1.76. The van der Waals surface area contributed by atoms with Crippen LogP contribution in [-0.2, 0) is 6.42 Å². The number of benzene rings is 2. The number of aryl methyl sites for hydroxylation is 1. The van der Waals surface area contributed by atoms with E-state index in [9.17, 15) is 4.79 Å². The van der Waals surface area contributed by atoms with E-state index in [-0.39, 0.29) is 19.1 Å². The molecule has 4 rings (SSSR count). The van der Waals surface area contributed by atoms with Gasteiger partial charge in [-0.2, -0.15) is 5.10 Å². The number of hydrogen-bond donors (Lipinski definition) is 3. The molecular weight excluding hydrogens is 434 g/mol. The third-order valence-electron chi connectivity index (χ3n) is 5.41. The number of aromatic nitrogens is 3. The van der Waals surface area contributed by atoms with Gasteiger partial charge in [-0.15, -0.1) is 0 Å². The minimum absolute atomic E-state index is 0.112. The monoisotopic (exact) mass is 461 g/mol. The van der Waals surface area contributed by atoms with Gasteiger partial charge in [-0.1, -0.05) is 19.1 Å². The molecular formula is C25H27N5O4. The van der Waals surface area contributed by atoms with Crippen molar-refractivity contribution in [2.45, 2.75) is 13.3 Å². The van der Waals surface area contributed by atoms with Crippen LogP contribution in [0.1, 0.15) is 22.8 Å². The number of methoxy groups -OCH3 is 2. The largest absolute Gasteiger partial charge is 0.493 e. The Labute approximate surface area is 197 Å². The van der Waals surface area contributed by atoms with Gasteiger partial charge < -0.3 is 25.2 Å². The van der Waals surface area contributed by atoms with Crippen LogP contribution in [0.4, 0.5) is 11.5 Å². The van der Waals surface area contributed by atoms with Crippen LogP contribution in [0.2, 0.25) is 0 Å². The molecule has 0 saturated carbocycles. The zero-order valence-electron chi connectivity index (χ0n) is 19.3.